The van der Waals surface area contributed by atoms with E-state index in [1.807, 2.05) is 29.7 Å². The number of aromatic nitrogens is 2. The first-order valence-corrected chi connectivity index (χ1v) is 4.62. The van der Waals surface area contributed by atoms with Crippen molar-refractivity contribution in [3.63, 3.8) is 0 Å². The summed E-state index contributed by atoms with van der Waals surface area (Å²) in [5.74, 6) is 2.52. The molecule has 0 aliphatic carbocycles. The lowest BCUT2D eigenvalue weighted by Gasteiger charge is -2.00. The third kappa shape index (κ3) is 1.24. The van der Waals surface area contributed by atoms with Gasteiger partial charge in [-0.3, -0.25) is 0 Å². The Kier molecular flexibility index (Phi) is 1.86. The molecular formula is C10H7BrN2. The number of hydrogen-bond acceptors (Lipinski definition) is 1. The fraction of sp³-hybridized carbons (Fsp3) is 0.100. The van der Waals surface area contributed by atoms with E-state index in [-0.39, 0.29) is 0 Å². The van der Waals surface area contributed by atoms with Gasteiger partial charge in [0.2, 0.25) is 0 Å². The molecule has 64 valence electrons. The smallest absolute Gasteiger partial charge is 0.138 e. The first kappa shape index (κ1) is 8.33. The van der Waals surface area contributed by atoms with Crippen molar-refractivity contribution in [1.82, 2.24) is 9.38 Å². The van der Waals surface area contributed by atoms with Crippen LogP contribution < -0.4 is 0 Å². The molecule has 0 saturated heterocycles. The van der Waals surface area contributed by atoms with E-state index in [1.54, 1.807) is 0 Å². The van der Waals surface area contributed by atoms with Gasteiger partial charge in [-0.05, 0) is 40.9 Å². The summed E-state index contributed by atoms with van der Waals surface area (Å²) in [5.41, 5.74) is 2.65. The first-order valence-electron chi connectivity index (χ1n) is 3.83. The van der Waals surface area contributed by atoms with Gasteiger partial charge in [-0.2, -0.15) is 0 Å². The highest BCUT2D eigenvalue weighted by atomic mass is 79.9. The zero-order chi connectivity index (χ0) is 9.42. The van der Waals surface area contributed by atoms with Crippen molar-refractivity contribution in [1.29, 1.82) is 0 Å². The number of rotatable bonds is 0. The molecule has 0 aliphatic rings. The van der Waals surface area contributed by atoms with E-state index >= 15 is 0 Å². The van der Waals surface area contributed by atoms with Gasteiger partial charge in [0.1, 0.15) is 11.3 Å². The second-order valence-corrected chi connectivity index (χ2v) is 3.62. The second kappa shape index (κ2) is 2.90. The minimum absolute atomic E-state index is 0.668. The fourth-order valence-electron chi connectivity index (χ4n) is 1.23. The number of pyridine rings is 1. The Hall–Kier alpha value is -1.27. The molecule has 0 bridgehead atoms. The lowest BCUT2D eigenvalue weighted by molar-refractivity contribution is 1.08. The summed E-state index contributed by atoms with van der Waals surface area (Å²) in [5, 5.41) is 0. The van der Waals surface area contributed by atoms with E-state index in [4.69, 9.17) is 6.42 Å². The highest BCUT2D eigenvalue weighted by Gasteiger charge is 2.03. The Morgan fingerprint density at radius 2 is 2.31 bits per heavy atom. The Morgan fingerprint density at radius 1 is 1.54 bits per heavy atom. The fourth-order valence-corrected chi connectivity index (χ4v) is 1.56. The van der Waals surface area contributed by atoms with Crippen molar-refractivity contribution < 1.29 is 0 Å². The normalized spacial score (nSPS) is 10.2. The first-order chi connectivity index (χ1) is 6.22. The van der Waals surface area contributed by atoms with Crippen molar-refractivity contribution in [3.05, 3.63) is 34.2 Å². The van der Waals surface area contributed by atoms with Gasteiger partial charge < -0.3 is 4.40 Å². The number of halogens is 1. The quantitative estimate of drug-likeness (QED) is 0.641. The molecule has 2 heterocycles. The molecule has 0 amide bonds. The summed E-state index contributed by atoms with van der Waals surface area (Å²) < 4.78 is 3.03. The highest BCUT2D eigenvalue weighted by molar-refractivity contribution is 9.10. The standard InChI is InChI=1S/C10H7BrN2/c1-3-8-6-13-7(2)9(11)4-5-10(13)12-8/h1,4-6H,2H3. The van der Waals surface area contributed by atoms with E-state index in [9.17, 15) is 0 Å². The minimum atomic E-state index is 0.668. The summed E-state index contributed by atoms with van der Waals surface area (Å²) in [6, 6.07) is 3.90. The number of terminal acetylenes is 1. The Labute approximate surface area is 84.7 Å². The molecule has 0 aliphatic heterocycles. The topological polar surface area (TPSA) is 17.3 Å². The molecule has 2 aromatic rings. The Bertz CT molecular complexity index is 505. The van der Waals surface area contributed by atoms with Gasteiger partial charge in [0.05, 0.1) is 0 Å². The maximum atomic E-state index is 5.26. The summed E-state index contributed by atoms with van der Waals surface area (Å²) in [4.78, 5) is 4.24. The van der Waals surface area contributed by atoms with Crippen LogP contribution in [0.1, 0.15) is 11.4 Å². The monoisotopic (exact) mass is 234 g/mol. The summed E-state index contributed by atoms with van der Waals surface area (Å²) in [7, 11) is 0. The molecule has 0 atom stereocenters. The molecule has 2 rings (SSSR count). The van der Waals surface area contributed by atoms with Crippen LogP contribution in [0.2, 0.25) is 0 Å². The number of aryl methyl sites for hydroxylation is 1. The van der Waals surface area contributed by atoms with E-state index in [2.05, 4.69) is 26.8 Å². The Balaban J connectivity index is 2.86. The van der Waals surface area contributed by atoms with Crippen molar-refractivity contribution in [3.8, 4) is 12.3 Å². The molecule has 0 saturated carbocycles. The maximum absolute atomic E-state index is 5.26. The van der Waals surface area contributed by atoms with Crippen LogP contribution >= 0.6 is 15.9 Å². The van der Waals surface area contributed by atoms with E-state index < -0.39 is 0 Å². The van der Waals surface area contributed by atoms with Crippen LogP contribution in [0.25, 0.3) is 5.65 Å². The van der Waals surface area contributed by atoms with Gasteiger partial charge in [0, 0.05) is 16.4 Å². The van der Waals surface area contributed by atoms with E-state index in [0.29, 0.717) is 5.69 Å². The van der Waals surface area contributed by atoms with Gasteiger partial charge in [0.15, 0.2) is 0 Å². The van der Waals surface area contributed by atoms with Crippen LogP contribution in [0.5, 0.6) is 0 Å². The highest BCUT2D eigenvalue weighted by Crippen LogP contribution is 2.17. The lowest BCUT2D eigenvalue weighted by Crippen LogP contribution is -1.89. The van der Waals surface area contributed by atoms with Crippen molar-refractivity contribution in [2.24, 2.45) is 0 Å². The molecule has 13 heavy (non-hydrogen) atoms. The average Bonchev–Trinajstić information content (AvgIpc) is 2.55. The predicted molar refractivity (Wildman–Crippen MR) is 55.6 cm³/mol. The predicted octanol–water partition coefficient (Wildman–Crippen LogP) is 2.39. The van der Waals surface area contributed by atoms with Crippen LogP contribution in [-0.4, -0.2) is 9.38 Å². The third-order valence-corrected chi connectivity index (χ3v) is 2.80. The molecule has 0 aromatic carbocycles. The summed E-state index contributed by atoms with van der Waals surface area (Å²) in [6.45, 7) is 2.01. The van der Waals surface area contributed by atoms with Gasteiger partial charge in [-0.15, -0.1) is 6.42 Å². The molecule has 0 fully saturated rings. The largest absolute Gasteiger partial charge is 0.302 e. The average molecular weight is 235 g/mol. The van der Waals surface area contributed by atoms with Gasteiger partial charge in [-0.1, -0.05) is 0 Å². The van der Waals surface area contributed by atoms with E-state index in [1.165, 1.54) is 0 Å². The number of imidazole rings is 1. The summed E-state index contributed by atoms with van der Waals surface area (Å²) >= 11 is 3.45. The molecule has 0 radical (unpaired) electrons. The van der Waals surface area contributed by atoms with Crippen LogP contribution in [0.3, 0.4) is 0 Å². The molecule has 2 nitrogen and oxygen atoms in total. The van der Waals surface area contributed by atoms with Crippen LogP contribution in [0.15, 0.2) is 22.8 Å². The molecule has 0 N–H and O–H groups in total. The second-order valence-electron chi connectivity index (χ2n) is 2.77. The molecule has 2 aromatic heterocycles. The zero-order valence-electron chi connectivity index (χ0n) is 7.08. The summed E-state index contributed by atoms with van der Waals surface area (Å²) in [6.07, 6.45) is 7.12. The van der Waals surface area contributed by atoms with Crippen LogP contribution in [0.4, 0.5) is 0 Å². The maximum Gasteiger partial charge on any atom is 0.138 e. The SMILES string of the molecule is C#Cc1cn2c(C)c(Br)ccc2n1. The lowest BCUT2D eigenvalue weighted by atomic mass is 10.4. The van der Waals surface area contributed by atoms with Gasteiger partial charge >= 0.3 is 0 Å². The minimum Gasteiger partial charge on any atom is -0.302 e. The van der Waals surface area contributed by atoms with Crippen LogP contribution in [-0.2, 0) is 0 Å². The number of hydrogen-bond donors (Lipinski definition) is 0. The van der Waals surface area contributed by atoms with Crippen LogP contribution in [0, 0.1) is 19.3 Å². The number of fused-ring (bicyclic) bond motifs is 1. The van der Waals surface area contributed by atoms with E-state index in [0.717, 1.165) is 15.8 Å². The molecule has 0 unspecified atom stereocenters. The van der Waals surface area contributed by atoms with Gasteiger partial charge in [-0.25, -0.2) is 4.98 Å². The van der Waals surface area contributed by atoms with Crippen molar-refractivity contribution in [2.45, 2.75) is 6.92 Å². The van der Waals surface area contributed by atoms with Crippen molar-refractivity contribution in [2.75, 3.05) is 0 Å². The van der Waals surface area contributed by atoms with Crippen molar-refractivity contribution >= 4 is 21.6 Å². The molecule has 0 spiro atoms. The number of nitrogens with zero attached hydrogens (tertiary/aromatic N) is 2. The van der Waals surface area contributed by atoms with Gasteiger partial charge in [0.25, 0.3) is 0 Å². The zero-order valence-corrected chi connectivity index (χ0v) is 8.67. The molecule has 3 heteroatoms. The third-order valence-electron chi connectivity index (χ3n) is 1.97. The Morgan fingerprint density at radius 3 is 3.00 bits per heavy atom. The molecular weight excluding hydrogens is 228 g/mol.